The van der Waals surface area contributed by atoms with Crippen molar-refractivity contribution in [3.8, 4) is 0 Å². The number of piperidine rings is 1. The molecule has 0 aromatic heterocycles. The number of hydrogen-bond acceptors (Lipinski definition) is 2. The van der Waals surface area contributed by atoms with Gasteiger partial charge in [-0.15, -0.1) is 0 Å². The largest absolute Gasteiger partial charge is 0.481 e. The van der Waals surface area contributed by atoms with Crippen LogP contribution in [0.1, 0.15) is 30.9 Å². The topological polar surface area (TPSA) is 57.6 Å². The number of likely N-dealkylation sites (tertiary alicyclic amines) is 1. The number of benzene rings is 1. The van der Waals surface area contributed by atoms with E-state index in [1.165, 1.54) is 6.92 Å². The predicted octanol–water partition coefficient (Wildman–Crippen LogP) is 1.96. The Kier molecular flexibility index (Phi) is 3.60. The average molecular weight is 261 g/mol. The molecule has 2 rings (SSSR count). The van der Waals surface area contributed by atoms with E-state index in [0.717, 1.165) is 11.1 Å². The van der Waals surface area contributed by atoms with Crippen LogP contribution in [0, 0.1) is 6.92 Å². The van der Waals surface area contributed by atoms with Crippen molar-refractivity contribution in [3.63, 3.8) is 0 Å². The van der Waals surface area contributed by atoms with Crippen LogP contribution in [0.5, 0.6) is 0 Å². The molecule has 1 heterocycles. The number of carbonyl (C=O) groups is 2. The maximum Gasteiger partial charge on any atom is 0.314 e. The van der Waals surface area contributed by atoms with Crippen molar-refractivity contribution < 1.29 is 14.7 Å². The van der Waals surface area contributed by atoms with Gasteiger partial charge in [-0.05, 0) is 30.9 Å². The second kappa shape index (κ2) is 5.03. The Bertz CT molecular complexity index is 502. The second-order valence-corrected chi connectivity index (χ2v) is 5.21. The molecule has 0 unspecified atom stereocenters. The number of rotatable bonds is 2. The van der Waals surface area contributed by atoms with Crippen LogP contribution in [-0.4, -0.2) is 35.0 Å². The fraction of sp³-hybridized carbons (Fsp3) is 0.467. The van der Waals surface area contributed by atoms with Crippen molar-refractivity contribution in [1.29, 1.82) is 0 Å². The summed E-state index contributed by atoms with van der Waals surface area (Å²) >= 11 is 0. The van der Waals surface area contributed by atoms with Gasteiger partial charge in [-0.1, -0.05) is 24.3 Å². The van der Waals surface area contributed by atoms with Crippen LogP contribution in [0.2, 0.25) is 0 Å². The van der Waals surface area contributed by atoms with Gasteiger partial charge < -0.3 is 10.0 Å². The average Bonchev–Trinajstić information content (AvgIpc) is 2.39. The van der Waals surface area contributed by atoms with Gasteiger partial charge in [-0.3, -0.25) is 9.59 Å². The van der Waals surface area contributed by atoms with Crippen molar-refractivity contribution >= 4 is 11.9 Å². The third-order valence-electron chi connectivity index (χ3n) is 4.13. The maximum absolute atomic E-state index is 11.8. The summed E-state index contributed by atoms with van der Waals surface area (Å²) in [5, 5.41) is 9.69. The molecule has 102 valence electrons. The lowest BCUT2D eigenvalue weighted by molar-refractivity contribution is -0.148. The number of nitrogens with zero attached hydrogens (tertiary/aromatic N) is 1. The summed E-state index contributed by atoms with van der Waals surface area (Å²) in [6.07, 6.45) is 0.958. The summed E-state index contributed by atoms with van der Waals surface area (Å²) in [5.74, 6) is -0.770. The number of carbonyl (C=O) groups excluding carboxylic acids is 1. The van der Waals surface area contributed by atoms with Gasteiger partial charge in [0, 0.05) is 20.0 Å². The molecule has 1 aromatic carbocycles. The van der Waals surface area contributed by atoms with Gasteiger partial charge in [0.05, 0.1) is 5.41 Å². The number of aryl methyl sites for hydroxylation is 1. The monoisotopic (exact) mass is 261 g/mol. The lowest BCUT2D eigenvalue weighted by atomic mass is 9.71. The van der Waals surface area contributed by atoms with Crippen LogP contribution in [0.15, 0.2) is 24.3 Å². The van der Waals surface area contributed by atoms with E-state index >= 15 is 0 Å². The van der Waals surface area contributed by atoms with E-state index in [2.05, 4.69) is 0 Å². The van der Waals surface area contributed by atoms with Crippen LogP contribution < -0.4 is 0 Å². The van der Waals surface area contributed by atoms with Crippen LogP contribution in [0.3, 0.4) is 0 Å². The Hall–Kier alpha value is -1.84. The highest BCUT2D eigenvalue weighted by Crippen LogP contribution is 2.37. The Labute approximate surface area is 113 Å². The highest BCUT2D eigenvalue weighted by atomic mass is 16.4. The third kappa shape index (κ3) is 2.35. The molecule has 0 saturated carbocycles. The van der Waals surface area contributed by atoms with Crippen LogP contribution in [0.4, 0.5) is 0 Å². The van der Waals surface area contributed by atoms with Gasteiger partial charge in [-0.25, -0.2) is 0 Å². The van der Waals surface area contributed by atoms with Gasteiger partial charge in [-0.2, -0.15) is 0 Å². The molecule has 1 aromatic rings. The summed E-state index contributed by atoms with van der Waals surface area (Å²) < 4.78 is 0. The first-order valence-corrected chi connectivity index (χ1v) is 6.52. The normalized spacial score (nSPS) is 18.1. The van der Waals surface area contributed by atoms with E-state index in [-0.39, 0.29) is 5.91 Å². The Morgan fingerprint density at radius 2 is 1.79 bits per heavy atom. The van der Waals surface area contributed by atoms with Crippen molar-refractivity contribution in [3.05, 3.63) is 35.4 Å². The first kappa shape index (κ1) is 13.6. The summed E-state index contributed by atoms with van der Waals surface area (Å²) in [4.78, 5) is 24.9. The fourth-order valence-electron chi connectivity index (χ4n) is 2.91. The smallest absolute Gasteiger partial charge is 0.314 e. The van der Waals surface area contributed by atoms with E-state index in [4.69, 9.17) is 0 Å². The van der Waals surface area contributed by atoms with Crippen molar-refractivity contribution in [2.75, 3.05) is 13.1 Å². The molecule has 0 radical (unpaired) electrons. The Morgan fingerprint density at radius 3 is 2.26 bits per heavy atom. The molecular formula is C15H19NO3. The van der Waals surface area contributed by atoms with Crippen LogP contribution >= 0.6 is 0 Å². The minimum Gasteiger partial charge on any atom is -0.481 e. The van der Waals surface area contributed by atoms with Gasteiger partial charge in [0.15, 0.2) is 0 Å². The Morgan fingerprint density at radius 1 is 1.21 bits per heavy atom. The molecule has 1 aliphatic rings. The first-order valence-electron chi connectivity index (χ1n) is 6.52. The molecule has 1 amide bonds. The third-order valence-corrected chi connectivity index (χ3v) is 4.13. The predicted molar refractivity (Wildman–Crippen MR) is 72.0 cm³/mol. The molecule has 1 saturated heterocycles. The maximum atomic E-state index is 11.8. The summed E-state index contributed by atoms with van der Waals surface area (Å²) in [7, 11) is 0. The van der Waals surface area contributed by atoms with Gasteiger partial charge in [0.25, 0.3) is 0 Å². The van der Waals surface area contributed by atoms with E-state index in [1.807, 2.05) is 31.2 Å². The first-order chi connectivity index (χ1) is 8.97. The van der Waals surface area contributed by atoms with Crippen molar-refractivity contribution in [2.24, 2.45) is 0 Å². The zero-order chi connectivity index (χ0) is 14.0. The number of hydrogen-bond donors (Lipinski definition) is 1. The number of carboxylic acids is 1. The van der Waals surface area contributed by atoms with E-state index < -0.39 is 11.4 Å². The minimum atomic E-state index is -0.850. The lowest BCUT2D eigenvalue weighted by Crippen LogP contribution is -2.48. The van der Waals surface area contributed by atoms with E-state index in [9.17, 15) is 14.7 Å². The molecule has 1 N–H and O–H groups in total. The number of carboxylic acid groups (broad SMARTS) is 1. The van der Waals surface area contributed by atoms with Crippen molar-refractivity contribution in [2.45, 2.75) is 32.1 Å². The number of amides is 1. The van der Waals surface area contributed by atoms with Crippen LogP contribution in [-0.2, 0) is 15.0 Å². The molecule has 0 aliphatic carbocycles. The Balaban J connectivity index is 2.35. The SMILES string of the molecule is CC(=O)N1CCC(C(=O)O)(c2ccccc2C)CC1. The summed E-state index contributed by atoms with van der Waals surface area (Å²) in [6, 6.07) is 7.63. The zero-order valence-electron chi connectivity index (χ0n) is 11.3. The molecule has 4 nitrogen and oxygen atoms in total. The fourth-order valence-corrected chi connectivity index (χ4v) is 2.91. The standard InChI is InChI=1S/C15H19NO3/c1-11-5-3-4-6-13(11)15(14(18)19)7-9-16(10-8-15)12(2)17/h3-6H,7-10H2,1-2H3,(H,18,19). The highest BCUT2D eigenvalue weighted by molar-refractivity contribution is 5.83. The van der Waals surface area contributed by atoms with Gasteiger partial charge >= 0.3 is 5.97 Å². The molecular weight excluding hydrogens is 242 g/mol. The van der Waals surface area contributed by atoms with Crippen molar-refractivity contribution in [1.82, 2.24) is 4.90 Å². The minimum absolute atomic E-state index is 0.0174. The number of aliphatic carboxylic acids is 1. The molecule has 1 fully saturated rings. The quantitative estimate of drug-likeness (QED) is 0.885. The molecule has 0 atom stereocenters. The van der Waals surface area contributed by atoms with E-state index in [0.29, 0.717) is 25.9 Å². The van der Waals surface area contributed by atoms with E-state index in [1.54, 1.807) is 4.90 Å². The summed E-state index contributed by atoms with van der Waals surface area (Å²) in [6.45, 7) is 4.49. The molecule has 19 heavy (non-hydrogen) atoms. The molecule has 0 bridgehead atoms. The molecule has 4 heteroatoms. The van der Waals surface area contributed by atoms with Gasteiger partial charge in [0.1, 0.15) is 0 Å². The molecule has 0 spiro atoms. The molecule has 1 aliphatic heterocycles. The zero-order valence-corrected chi connectivity index (χ0v) is 11.3. The van der Waals surface area contributed by atoms with Crippen LogP contribution in [0.25, 0.3) is 0 Å². The highest BCUT2D eigenvalue weighted by Gasteiger charge is 2.44. The second-order valence-electron chi connectivity index (χ2n) is 5.21. The lowest BCUT2D eigenvalue weighted by Gasteiger charge is -2.39. The summed E-state index contributed by atoms with van der Waals surface area (Å²) in [5.41, 5.74) is 1.03. The van der Waals surface area contributed by atoms with Gasteiger partial charge in [0.2, 0.25) is 5.91 Å².